The molecule has 2 rings (SSSR count). The average Bonchev–Trinajstić information content (AvgIpc) is 2.56. The quantitative estimate of drug-likeness (QED) is 0.808. The number of β-amino-alcohol motifs (C(OH)–C–C–N with tert-alkyl or cyclic N) is 1. The SMILES string of the molecule is CCc1ccc(CC(=O)NCC(O)CN2CCC(C)CC2)cc1. The zero-order valence-corrected chi connectivity index (χ0v) is 14.4. The fourth-order valence-corrected chi connectivity index (χ4v) is 2.98. The van der Waals surface area contributed by atoms with Crippen molar-refractivity contribution in [2.75, 3.05) is 26.2 Å². The van der Waals surface area contributed by atoms with Crippen molar-refractivity contribution in [2.24, 2.45) is 5.92 Å². The molecular formula is C19H30N2O2. The lowest BCUT2D eigenvalue weighted by molar-refractivity contribution is -0.121. The molecule has 4 nitrogen and oxygen atoms in total. The van der Waals surface area contributed by atoms with Crippen LogP contribution in [0.3, 0.4) is 0 Å². The van der Waals surface area contributed by atoms with E-state index in [4.69, 9.17) is 0 Å². The molecular weight excluding hydrogens is 288 g/mol. The fraction of sp³-hybridized carbons (Fsp3) is 0.632. The van der Waals surface area contributed by atoms with Crippen LogP contribution in [0.4, 0.5) is 0 Å². The molecule has 1 fully saturated rings. The third-order valence-corrected chi connectivity index (χ3v) is 4.68. The Bertz CT molecular complexity index is 479. The van der Waals surface area contributed by atoms with Gasteiger partial charge in [0.2, 0.25) is 5.91 Å². The highest BCUT2D eigenvalue weighted by Crippen LogP contribution is 2.15. The van der Waals surface area contributed by atoms with Gasteiger partial charge in [0, 0.05) is 13.1 Å². The molecule has 1 aliphatic heterocycles. The molecule has 0 aliphatic carbocycles. The van der Waals surface area contributed by atoms with Crippen LogP contribution in [0, 0.1) is 5.92 Å². The number of aryl methyl sites for hydroxylation is 1. The molecule has 1 heterocycles. The summed E-state index contributed by atoms with van der Waals surface area (Å²) >= 11 is 0. The molecule has 1 aliphatic rings. The highest BCUT2D eigenvalue weighted by atomic mass is 16.3. The number of aliphatic hydroxyl groups excluding tert-OH is 1. The van der Waals surface area contributed by atoms with E-state index in [9.17, 15) is 9.90 Å². The highest BCUT2D eigenvalue weighted by molar-refractivity contribution is 5.78. The summed E-state index contributed by atoms with van der Waals surface area (Å²) in [4.78, 5) is 14.3. The van der Waals surface area contributed by atoms with E-state index in [2.05, 4.69) is 36.2 Å². The van der Waals surface area contributed by atoms with Gasteiger partial charge in [-0.2, -0.15) is 0 Å². The standard InChI is InChI=1S/C19H30N2O2/c1-3-16-4-6-17(7-5-16)12-19(23)20-13-18(22)14-21-10-8-15(2)9-11-21/h4-7,15,18,22H,3,8-14H2,1-2H3,(H,20,23). The molecule has 1 saturated heterocycles. The summed E-state index contributed by atoms with van der Waals surface area (Å²) < 4.78 is 0. The Kier molecular flexibility index (Phi) is 7.06. The first kappa shape index (κ1) is 18.0. The number of aliphatic hydroxyl groups is 1. The second-order valence-electron chi connectivity index (χ2n) is 6.79. The number of hydrogen-bond acceptors (Lipinski definition) is 3. The highest BCUT2D eigenvalue weighted by Gasteiger charge is 2.18. The first-order valence-corrected chi connectivity index (χ1v) is 8.81. The maximum absolute atomic E-state index is 12.0. The lowest BCUT2D eigenvalue weighted by atomic mass is 9.99. The summed E-state index contributed by atoms with van der Waals surface area (Å²) in [5, 5.41) is 12.9. The maximum Gasteiger partial charge on any atom is 0.224 e. The predicted molar refractivity (Wildman–Crippen MR) is 93.4 cm³/mol. The number of benzene rings is 1. The van der Waals surface area contributed by atoms with Gasteiger partial charge in [-0.25, -0.2) is 0 Å². The summed E-state index contributed by atoms with van der Waals surface area (Å²) in [5.41, 5.74) is 2.29. The van der Waals surface area contributed by atoms with Crippen LogP contribution in [0.25, 0.3) is 0 Å². The third kappa shape index (κ3) is 6.32. The van der Waals surface area contributed by atoms with Crippen LogP contribution in [-0.2, 0) is 17.6 Å². The Labute approximate surface area is 139 Å². The molecule has 1 atom stereocenters. The van der Waals surface area contributed by atoms with Crippen LogP contribution in [0.15, 0.2) is 24.3 Å². The molecule has 1 unspecified atom stereocenters. The molecule has 1 aromatic carbocycles. The molecule has 4 heteroatoms. The lowest BCUT2D eigenvalue weighted by Gasteiger charge is -2.31. The Morgan fingerprint density at radius 3 is 2.48 bits per heavy atom. The van der Waals surface area contributed by atoms with Crippen LogP contribution in [0.5, 0.6) is 0 Å². The van der Waals surface area contributed by atoms with Crippen LogP contribution < -0.4 is 5.32 Å². The Hall–Kier alpha value is -1.39. The maximum atomic E-state index is 12.0. The second kappa shape index (κ2) is 9.04. The van der Waals surface area contributed by atoms with E-state index >= 15 is 0 Å². The topological polar surface area (TPSA) is 52.6 Å². The molecule has 1 amide bonds. The zero-order valence-electron chi connectivity index (χ0n) is 14.4. The fourth-order valence-electron chi connectivity index (χ4n) is 2.98. The van der Waals surface area contributed by atoms with Crippen molar-refractivity contribution in [1.82, 2.24) is 10.2 Å². The van der Waals surface area contributed by atoms with Gasteiger partial charge < -0.3 is 15.3 Å². The number of piperidine rings is 1. The molecule has 128 valence electrons. The third-order valence-electron chi connectivity index (χ3n) is 4.68. The van der Waals surface area contributed by atoms with Crippen molar-refractivity contribution < 1.29 is 9.90 Å². The normalized spacial score (nSPS) is 17.9. The first-order chi connectivity index (χ1) is 11.1. The van der Waals surface area contributed by atoms with Crippen molar-refractivity contribution in [2.45, 2.75) is 45.6 Å². The minimum Gasteiger partial charge on any atom is -0.390 e. The van der Waals surface area contributed by atoms with Crippen LogP contribution >= 0.6 is 0 Å². The lowest BCUT2D eigenvalue weighted by Crippen LogP contribution is -2.43. The predicted octanol–water partition coefficient (Wildman–Crippen LogP) is 2.00. The van der Waals surface area contributed by atoms with Crippen molar-refractivity contribution in [3.05, 3.63) is 35.4 Å². The van der Waals surface area contributed by atoms with Crippen molar-refractivity contribution in [1.29, 1.82) is 0 Å². The largest absolute Gasteiger partial charge is 0.390 e. The molecule has 0 saturated carbocycles. The van der Waals surface area contributed by atoms with E-state index in [1.54, 1.807) is 0 Å². The number of amides is 1. The first-order valence-electron chi connectivity index (χ1n) is 8.81. The van der Waals surface area contributed by atoms with Crippen molar-refractivity contribution >= 4 is 5.91 Å². The van der Waals surface area contributed by atoms with E-state index < -0.39 is 6.10 Å². The summed E-state index contributed by atoms with van der Waals surface area (Å²) in [6.45, 7) is 7.48. The Morgan fingerprint density at radius 1 is 1.26 bits per heavy atom. The Balaban J connectivity index is 1.66. The van der Waals surface area contributed by atoms with Gasteiger partial charge in [0.15, 0.2) is 0 Å². The smallest absolute Gasteiger partial charge is 0.224 e. The van der Waals surface area contributed by atoms with Gasteiger partial charge in [-0.3, -0.25) is 4.79 Å². The van der Waals surface area contributed by atoms with Gasteiger partial charge >= 0.3 is 0 Å². The molecule has 0 aromatic heterocycles. The minimum absolute atomic E-state index is 0.0273. The van der Waals surface area contributed by atoms with Gasteiger partial charge in [-0.1, -0.05) is 38.1 Å². The van der Waals surface area contributed by atoms with Crippen molar-refractivity contribution in [3.8, 4) is 0 Å². The molecule has 2 N–H and O–H groups in total. The summed E-state index contributed by atoms with van der Waals surface area (Å²) in [5.74, 6) is 0.766. The van der Waals surface area contributed by atoms with E-state index in [1.807, 2.05) is 12.1 Å². The molecule has 0 spiro atoms. The second-order valence-corrected chi connectivity index (χ2v) is 6.79. The Morgan fingerprint density at radius 2 is 1.87 bits per heavy atom. The average molecular weight is 318 g/mol. The molecule has 23 heavy (non-hydrogen) atoms. The molecule has 0 bridgehead atoms. The minimum atomic E-state index is -0.491. The number of nitrogens with one attached hydrogen (secondary N) is 1. The van der Waals surface area contributed by atoms with Crippen LogP contribution in [0.2, 0.25) is 0 Å². The van der Waals surface area contributed by atoms with Gasteiger partial charge in [0.25, 0.3) is 0 Å². The number of carbonyl (C=O) groups excluding carboxylic acids is 1. The zero-order chi connectivity index (χ0) is 16.7. The number of carbonyl (C=O) groups is 1. The van der Waals surface area contributed by atoms with Gasteiger partial charge in [0.05, 0.1) is 12.5 Å². The van der Waals surface area contributed by atoms with Gasteiger partial charge in [0.1, 0.15) is 0 Å². The van der Waals surface area contributed by atoms with E-state index in [0.29, 0.717) is 19.5 Å². The summed E-state index contributed by atoms with van der Waals surface area (Å²) in [6.07, 6.45) is 3.29. The molecule has 0 radical (unpaired) electrons. The number of likely N-dealkylation sites (tertiary alicyclic amines) is 1. The van der Waals surface area contributed by atoms with Crippen LogP contribution in [-0.4, -0.2) is 48.2 Å². The van der Waals surface area contributed by atoms with E-state index in [1.165, 1.54) is 18.4 Å². The number of nitrogens with zero attached hydrogens (tertiary/aromatic N) is 1. The van der Waals surface area contributed by atoms with Gasteiger partial charge in [-0.05, 0) is 49.4 Å². The molecule has 1 aromatic rings. The van der Waals surface area contributed by atoms with E-state index in [0.717, 1.165) is 31.0 Å². The summed E-state index contributed by atoms with van der Waals surface area (Å²) in [7, 11) is 0. The van der Waals surface area contributed by atoms with Gasteiger partial charge in [-0.15, -0.1) is 0 Å². The van der Waals surface area contributed by atoms with Crippen LogP contribution in [0.1, 0.15) is 37.8 Å². The number of rotatable bonds is 7. The summed E-state index contributed by atoms with van der Waals surface area (Å²) in [6, 6.07) is 8.14. The number of hydrogen-bond donors (Lipinski definition) is 2. The monoisotopic (exact) mass is 318 g/mol. The van der Waals surface area contributed by atoms with Crippen molar-refractivity contribution in [3.63, 3.8) is 0 Å². The van der Waals surface area contributed by atoms with E-state index in [-0.39, 0.29) is 5.91 Å².